The van der Waals surface area contributed by atoms with Crippen molar-refractivity contribution in [1.29, 1.82) is 0 Å². The van der Waals surface area contributed by atoms with Gasteiger partial charge in [0.05, 0.1) is 6.61 Å². The van der Waals surface area contributed by atoms with E-state index in [0.29, 0.717) is 30.1 Å². The summed E-state index contributed by atoms with van der Waals surface area (Å²) < 4.78 is 28.6. The van der Waals surface area contributed by atoms with Gasteiger partial charge in [0.25, 0.3) is 0 Å². The third kappa shape index (κ3) is 4.17. The maximum atomic E-state index is 15.6. The molecule has 1 heterocycles. The van der Waals surface area contributed by atoms with Crippen LogP contribution in [-0.4, -0.2) is 38.6 Å². The Hall–Kier alpha value is -1.39. The monoisotopic (exact) mass is 544 g/mol. The number of benzene rings is 2. The zero-order chi connectivity index (χ0) is 24.0. The number of hydrogen-bond acceptors (Lipinski definition) is 3. The third-order valence-electron chi connectivity index (χ3n) is 9.75. The Kier molecular flexibility index (Phi) is 6.50. The number of aliphatic hydroxyl groups is 1. The van der Waals surface area contributed by atoms with Crippen LogP contribution in [0.15, 0.2) is 42.5 Å². The van der Waals surface area contributed by atoms with E-state index in [-0.39, 0.29) is 32.5 Å². The van der Waals surface area contributed by atoms with Crippen molar-refractivity contribution in [3.63, 3.8) is 0 Å². The van der Waals surface area contributed by atoms with Gasteiger partial charge in [-0.1, -0.05) is 0 Å². The van der Waals surface area contributed by atoms with Crippen molar-refractivity contribution in [3.8, 4) is 5.75 Å². The minimum absolute atomic E-state index is 0.0396. The standard InChI is InChI=1S/C30H37FO3Se/c1-29-16-14-22-21-12-13-26(34-27-9-5-6-18-33-27)28(31)24(21)11-10-23(22)25(29)15-17-30(29,32)19-35-20-7-3-2-4-8-20/h2-4,7-8,12-13,22-23,25,27,32H,5-6,9-11,14-19H2,1H3/t22-,23-,25+,27?,29+,30-/m1/s1. The van der Waals surface area contributed by atoms with Crippen molar-refractivity contribution < 1.29 is 19.0 Å². The van der Waals surface area contributed by atoms with Crippen LogP contribution < -0.4 is 9.20 Å². The van der Waals surface area contributed by atoms with Gasteiger partial charge >= 0.3 is 185 Å². The average molecular weight is 544 g/mol. The Labute approximate surface area is 215 Å². The van der Waals surface area contributed by atoms with Gasteiger partial charge in [0, 0.05) is 6.42 Å². The molecule has 188 valence electrons. The van der Waals surface area contributed by atoms with E-state index in [1.54, 1.807) is 0 Å². The molecule has 2 aromatic rings. The van der Waals surface area contributed by atoms with Crippen molar-refractivity contribution in [3.05, 3.63) is 59.4 Å². The number of ether oxygens (including phenoxy) is 2. The summed E-state index contributed by atoms with van der Waals surface area (Å²) >= 11 is 0.283. The molecule has 0 amide bonds. The third-order valence-corrected chi connectivity index (χ3v) is 12.3. The second-order valence-corrected chi connectivity index (χ2v) is 13.6. The fourth-order valence-corrected chi connectivity index (χ4v) is 10.3. The summed E-state index contributed by atoms with van der Waals surface area (Å²) in [5, 5.41) is 12.8. The molecule has 2 saturated carbocycles. The summed E-state index contributed by atoms with van der Waals surface area (Å²) in [7, 11) is 0. The van der Waals surface area contributed by atoms with E-state index in [2.05, 4.69) is 43.3 Å². The number of hydrogen-bond donors (Lipinski definition) is 1. The molecule has 2 aromatic carbocycles. The molecule has 1 saturated heterocycles. The molecule has 0 radical (unpaired) electrons. The van der Waals surface area contributed by atoms with E-state index >= 15 is 4.39 Å². The number of halogens is 1. The van der Waals surface area contributed by atoms with Crippen molar-refractivity contribution in [1.82, 2.24) is 0 Å². The molecular weight excluding hydrogens is 506 g/mol. The van der Waals surface area contributed by atoms with Gasteiger partial charge in [-0.15, -0.1) is 0 Å². The van der Waals surface area contributed by atoms with Crippen LogP contribution in [0.25, 0.3) is 0 Å². The molecule has 0 aromatic heterocycles. The molecule has 1 N–H and O–H groups in total. The van der Waals surface area contributed by atoms with Crippen molar-refractivity contribution >= 4 is 19.4 Å². The predicted molar refractivity (Wildman–Crippen MR) is 137 cm³/mol. The SMILES string of the molecule is C[C@]12CC[C@@H]3c4ccc(OC5CCCCO5)c(F)c4CC[C@H]3[C@@H]1CC[C@@]2(O)C[Se]c1ccccc1. The quantitative estimate of drug-likeness (QED) is 0.487. The first kappa shape index (κ1) is 24.0. The second-order valence-electron chi connectivity index (χ2n) is 11.4. The van der Waals surface area contributed by atoms with Crippen LogP contribution in [0.3, 0.4) is 0 Å². The normalized spacial score (nSPS) is 36.2. The molecule has 0 spiro atoms. The fourth-order valence-electron chi connectivity index (χ4n) is 7.71. The summed E-state index contributed by atoms with van der Waals surface area (Å²) in [4.78, 5) is 0. The van der Waals surface area contributed by atoms with Crippen LogP contribution in [0, 0.1) is 23.1 Å². The molecule has 0 bridgehead atoms. The van der Waals surface area contributed by atoms with Gasteiger partial charge in [-0.2, -0.15) is 0 Å². The Balaban J connectivity index is 1.20. The van der Waals surface area contributed by atoms with E-state index in [1.165, 1.54) is 10.0 Å². The summed E-state index contributed by atoms with van der Waals surface area (Å²) in [6, 6.07) is 14.6. The van der Waals surface area contributed by atoms with Crippen molar-refractivity contribution in [2.24, 2.45) is 17.3 Å². The van der Waals surface area contributed by atoms with E-state index in [1.807, 2.05) is 6.07 Å². The summed E-state index contributed by atoms with van der Waals surface area (Å²) in [5.74, 6) is 1.63. The molecule has 4 aliphatic rings. The van der Waals surface area contributed by atoms with Crippen LogP contribution in [0.5, 0.6) is 5.75 Å². The maximum absolute atomic E-state index is 15.6. The topological polar surface area (TPSA) is 38.7 Å². The molecule has 1 unspecified atom stereocenters. The molecular formula is C30H37FO3Se. The Bertz CT molecular complexity index is 1060. The van der Waals surface area contributed by atoms with Crippen LogP contribution in [0.4, 0.5) is 4.39 Å². The molecule has 1 aliphatic heterocycles. The molecule has 5 heteroatoms. The van der Waals surface area contributed by atoms with Gasteiger partial charge in [0.1, 0.15) is 0 Å². The van der Waals surface area contributed by atoms with Gasteiger partial charge < -0.3 is 4.74 Å². The van der Waals surface area contributed by atoms with Crippen LogP contribution in [0.1, 0.15) is 75.3 Å². The summed E-state index contributed by atoms with van der Waals surface area (Å²) in [6.07, 6.45) is 8.47. The molecule has 3 nitrogen and oxygen atoms in total. The van der Waals surface area contributed by atoms with Crippen LogP contribution >= 0.6 is 0 Å². The van der Waals surface area contributed by atoms with Crippen LogP contribution in [-0.2, 0) is 11.2 Å². The van der Waals surface area contributed by atoms with Gasteiger partial charge in [0.2, 0.25) is 0 Å². The molecule has 35 heavy (non-hydrogen) atoms. The first-order valence-corrected chi connectivity index (χ1v) is 15.6. The Morgan fingerprint density at radius 1 is 1.06 bits per heavy atom. The zero-order valence-corrected chi connectivity index (χ0v) is 22.4. The second kappa shape index (κ2) is 9.49. The minimum atomic E-state index is -0.582. The number of fused-ring (bicyclic) bond motifs is 5. The molecule has 6 rings (SSSR count). The number of rotatable bonds is 5. The summed E-state index contributed by atoms with van der Waals surface area (Å²) in [6.45, 7) is 3.05. The zero-order valence-electron chi connectivity index (χ0n) is 20.7. The Morgan fingerprint density at radius 3 is 2.71 bits per heavy atom. The van der Waals surface area contributed by atoms with Crippen LogP contribution in [0.2, 0.25) is 5.32 Å². The van der Waals surface area contributed by atoms with Gasteiger partial charge in [-0.05, 0) is 12.8 Å². The van der Waals surface area contributed by atoms with Gasteiger partial charge in [-0.3, -0.25) is 0 Å². The average Bonchev–Trinajstić information content (AvgIpc) is 3.16. The molecule has 6 atom stereocenters. The van der Waals surface area contributed by atoms with Crippen molar-refractivity contribution in [2.75, 3.05) is 6.61 Å². The molecule has 3 aliphatic carbocycles. The van der Waals surface area contributed by atoms with E-state index < -0.39 is 5.60 Å². The predicted octanol–water partition coefficient (Wildman–Crippen LogP) is 5.77. The fraction of sp³-hybridized carbons (Fsp3) is 0.600. The summed E-state index contributed by atoms with van der Waals surface area (Å²) in [5.41, 5.74) is 1.44. The van der Waals surface area contributed by atoms with Crippen molar-refractivity contribution in [2.45, 2.75) is 87.8 Å². The molecule has 3 fully saturated rings. The van der Waals surface area contributed by atoms with E-state index in [9.17, 15) is 5.11 Å². The van der Waals surface area contributed by atoms with Gasteiger partial charge in [-0.25, -0.2) is 0 Å². The van der Waals surface area contributed by atoms with Gasteiger partial charge in [0.15, 0.2) is 0 Å². The Morgan fingerprint density at radius 2 is 1.91 bits per heavy atom. The van der Waals surface area contributed by atoms with E-state index in [4.69, 9.17) is 9.47 Å². The van der Waals surface area contributed by atoms with E-state index in [0.717, 1.165) is 68.7 Å². The first-order valence-electron chi connectivity index (χ1n) is 13.5. The first-order chi connectivity index (χ1) is 17.0.